The zero-order valence-electron chi connectivity index (χ0n) is 11.1. The van der Waals surface area contributed by atoms with E-state index >= 15 is 0 Å². The molecule has 4 heteroatoms. The summed E-state index contributed by atoms with van der Waals surface area (Å²) >= 11 is 1.80. The van der Waals surface area contributed by atoms with E-state index in [1.165, 1.54) is 41.4 Å². The Balaban J connectivity index is 2.17. The third kappa shape index (κ3) is 2.69. The summed E-state index contributed by atoms with van der Waals surface area (Å²) in [6.45, 7) is 8.48. The summed E-state index contributed by atoms with van der Waals surface area (Å²) in [4.78, 5) is 8.59. The van der Waals surface area contributed by atoms with Crippen LogP contribution in [0, 0.1) is 13.8 Å². The van der Waals surface area contributed by atoms with E-state index in [2.05, 4.69) is 25.7 Å². The summed E-state index contributed by atoms with van der Waals surface area (Å²) in [6, 6.07) is 0.953. The lowest BCUT2D eigenvalue weighted by molar-refractivity contribution is 0.106. The first-order valence-corrected chi connectivity index (χ1v) is 7.35. The highest BCUT2D eigenvalue weighted by molar-refractivity contribution is 7.11. The van der Waals surface area contributed by atoms with E-state index in [1.807, 2.05) is 0 Å². The van der Waals surface area contributed by atoms with Crippen LogP contribution in [-0.2, 0) is 0 Å². The Hall–Kier alpha value is -0.450. The van der Waals surface area contributed by atoms with Crippen molar-refractivity contribution in [3.63, 3.8) is 0 Å². The third-order valence-electron chi connectivity index (χ3n) is 3.78. The summed E-state index contributed by atoms with van der Waals surface area (Å²) in [5, 5.41) is 1.17. The maximum atomic E-state index is 5.89. The summed E-state index contributed by atoms with van der Waals surface area (Å²) in [6.07, 6.45) is 3.85. The quantitative estimate of drug-likeness (QED) is 0.900. The highest BCUT2D eigenvalue weighted by Crippen LogP contribution is 2.31. The fourth-order valence-corrected chi connectivity index (χ4v) is 3.78. The number of piperidine rings is 1. The minimum absolute atomic E-state index is 0.411. The maximum absolute atomic E-state index is 5.89. The Morgan fingerprint density at radius 1 is 1.47 bits per heavy atom. The van der Waals surface area contributed by atoms with Gasteiger partial charge in [-0.1, -0.05) is 6.42 Å². The van der Waals surface area contributed by atoms with Crippen molar-refractivity contribution in [3.8, 4) is 0 Å². The Morgan fingerprint density at radius 2 is 2.24 bits per heavy atom. The van der Waals surface area contributed by atoms with E-state index in [9.17, 15) is 0 Å². The van der Waals surface area contributed by atoms with Crippen LogP contribution in [0.4, 0.5) is 0 Å². The summed E-state index contributed by atoms with van der Waals surface area (Å²) < 4.78 is 0. The molecule has 1 aliphatic heterocycles. The molecule has 0 aliphatic carbocycles. The van der Waals surface area contributed by atoms with E-state index in [0.717, 1.165) is 6.54 Å². The van der Waals surface area contributed by atoms with Gasteiger partial charge in [-0.25, -0.2) is 4.98 Å². The lowest BCUT2D eigenvalue weighted by Crippen LogP contribution is -2.45. The smallest absolute Gasteiger partial charge is 0.0900 e. The van der Waals surface area contributed by atoms with Crippen LogP contribution in [0.1, 0.15) is 47.8 Å². The van der Waals surface area contributed by atoms with E-state index in [1.54, 1.807) is 11.3 Å². The van der Waals surface area contributed by atoms with Crippen molar-refractivity contribution >= 4 is 11.3 Å². The van der Waals surface area contributed by atoms with Crippen molar-refractivity contribution in [1.29, 1.82) is 0 Å². The van der Waals surface area contributed by atoms with Crippen LogP contribution in [0.3, 0.4) is 0 Å². The molecule has 96 valence electrons. The number of hydrogen-bond acceptors (Lipinski definition) is 4. The average molecular weight is 253 g/mol. The second kappa shape index (κ2) is 5.46. The van der Waals surface area contributed by atoms with Crippen molar-refractivity contribution in [2.45, 2.75) is 52.1 Å². The van der Waals surface area contributed by atoms with Gasteiger partial charge >= 0.3 is 0 Å². The maximum Gasteiger partial charge on any atom is 0.0900 e. The van der Waals surface area contributed by atoms with E-state index in [-0.39, 0.29) is 0 Å². The molecule has 0 amide bonds. The summed E-state index contributed by atoms with van der Waals surface area (Å²) in [7, 11) is 0. The molecule has 17 heavy (non-hydrogen) atoms. The molecular weight excluding hydrogens is 230 g/mol. The van der Waals surface area contributed by atoms with Gasteiger partial charge < -0.3 is 5.73 Å². The lowest BCUT2D eigenvalue weighted by Gasteiger charge is -2.39. The van der Waals surface area contributed by atoms with Gasteiger partial charge in [0.05, 0.1) is 16.7 Å². The third-order valence-corrected chi connectivity index (χ3v) is 4.68. The highest BCUT2D eigenvalue weighted by Gasteiger charge is 2.28. The molecule has 2 atom stereocenters. The number of nitrogens with two attached hydrogens (primary N) is 1. The molecule has 0 aromatic carbocycles. The predicted octanol–water partition coefficient (Wildman–Crippen LogP) is 2.63. The zero-order chi connectivity index (χ0) is 12.4. The number of rotatable bonds is 3. The zero-order valence-corrected chi connectivity index (χ0v) is 11.9. The first-order valence-electron chi connectivity index (χ1n) is 6.53. The number of hydrogen-bond donors (Lipinski definition) is 1. The van der Waals surface area contributed by atoms with Crippen LogP contribution in [-0.4, -0.2) is 29.0 Å². The van der Waals surface area contributed by atoms with Gasteiger partial charge in [-0.2, -0.15) is 0 Å². The van der Waals surface area contributed by atoms with Gasteiger partial charge in [0.15, 0.2) is 0 Å². The van der Waals surface area contributed by atoms with Crippen LogP contribution < -0.4 is 5.73 Å². The molecule has 1 fully saturated rings. The molecule has 2 N–H and O–H groups in total. The molecule has 1 saturated heterocycles. The first-order chi connectivity index (χ1) is 8.13. The Bertz CT molecular complexity index is 375. The van der Waals surface area contributed by atoms with Crippen molar-refractivity contribution in [2.75, 3.05) is 13.1 Å². The van der Waals surface area contributed by atoms with E-state index < -0.39 is 0 Å². The van der Waals surface area contributed by atoms with E-state index in [4.69, 9.17) is 10.7 Å². The van der Waals surface area contributed by atoms with Crippen LogP contribution in [0.2, 0.25) is 0 Å². The SMILES string of the molecule is Cc1nc(C(C)N2CCCCC2CN)c(C)s1. The highest BCUT2D eigenvalue weighted by atomic mass is 32.1. The molecule has 1 aromatic rings. The molecule has 2 unspecified atom stereocenters. The first kappa shape index (κ1) is 13.0. The van der Waals surface area contributed by atoms with E-state index in [0.29, 0.717) is 12.1 Å². The standard InChI is InChI=1S/C13H23N3S/c1-9(13-10(2)17-11(3)15-13)16-7-5-4-6-12(16)8-14/h9,12H,4-8,14H2,1-3H3. The second-order valence-corrected chi connectivity index (χ2v) is 6.38. The Morgan fingerprint density at radius 3 is 2.82 bits per heavy atom. The minimum atomic E-state index is 0.411. The van der Waals surface area contributed by atoms with Gasteiger partial charge in [0.25, 0.3) is 0 Å². The largest absolute Gasteiger partial charge is 0.329 e. The summed E-state index contributed by atoms with van der Waals surface area (Å²) in [5.41, 5.74) is 7.15. The molecule has 0 spiro atoms. The number of aryl methyl sites for hydroxylation is 2. The minimum Gasteiger partial charge on any atom is -0.329 e. The van der Waals surface area contributed by atoms with Gasteiger partial charge in [0.1, 0.15) is 0 Å². The van der Waals surface area contributed by atoms with Gasteiger partial charge in [-0.3, -0.25) is 4.90 Å². The molecule has 0 radical (unpaired) electrons. The van der Waals surface area contributed by atoms with Crippen molar-refractivity contribution < 1.29 is 0 Å². The van der Waals surface area contributed by atoms with Crippen molar-refractivity contribution in [1.82, 2.24) is 9.88 Å². The van der Waals surface area contributed by atoms with Crippen LogP contribution in [0.25, 0.3) is 0 Å². The van der Waals surface area contributed by atoms with Crippen molar-refractivity contribution in [2.24, 2.45) is 5.73 Å². The molecule has 1 aliphatic rings. The van der Waals surface area contributed by atoms with Crippen molar-refractivity contribution in [3.05, 3.63) is 15.6 Å². The fraction of sp³-hybridized carbons (Fsp3) is 0.769. The fourth-order valence-electron chi connectivity index (χ4n) is 2.88. The summed E-state index contributed by atoms with van der Waals surface area (Å²) in [5.74, 6) is 0. The van der Waals surface area contributed by atoms with Gasteiger partial charge in [-0.15, -0.1) is 11.3 Å². The Kier molecular flexibility index (Phi) is 4.17. The predicted molar refractivity (Wildman–Crippen MR) is 73.4 cm³/mol. The van der Waals surface area contributed by atoms with Crippen LogP contribution >= 0.6 is 11.3 Å². The Labute approximate surface area is 108 Å². The van der Waals surface area contributed by atoms with Crippen LogP contribution in [0.15, 0.2) is 0 Å². The number of thiazole rings is 1. The number of likely N-dealkylation sites (tertiary alicyclic amines) is 1. The molecular formula is C13H23N3S. The van der Waals surface area contributed by atoms with Gasteiger partial charge in [0, 0.05) is 17.5 Å². The van der Waals surface area contributed by atoms with Gasteiger partial charge in [0.2, 0.25) is 0 Å². The number of aromatic nitrogens is 1. The average Bonchev–Trinajstić information content (AvgIpc) is 2.67. The molecule has 3 nitrogen and oxygen atoms in total. The molecule has 0 bridgehead atoms. The second-order valence-electron chi connectivity index (χ2n) is 4.97. The monoisotopic (exact) mass is 253 g/mol. The topological polar surface area (TPSA) is 42.2 Å². The van der Waals surface area contributed by atoms with Gasteiger partial charge in [-0.05, 0) is 40.2 Å². The molecule has 2 rings (SSSR count). The molecule has 2 heterocycles. The van der Waals surface area contributed by atoms with Crippen LogP contribution in [0.5, 0.6) is 0 Å². The molecule has 1 aromatic heterocycles. The number of nitrogens with zero attached hydrogens (tertiary/aromatic N) is 2. The lowest BCUT2D eigenvalue weighted by atomic mass is 9.99. The molecule has 0 saturated carbocycles. The normalized spacial score (nSPS) is 23.9.